The molecule has 212 valence electrons. The highest BCUT2D eigenvalue weighted by Gasteiger charge is 2.42. The number of allylic oxidation sites excluding steroid dienone is 3. The molecule has 0 saturated heterocycles. The summed E-state index contributed by atoms with van der Waals surface area (Å²) in [5, 5.41) is 24.2. The number of amides is 1. The first-order chi connectivity index (χ1) is 20.5. The molecule has 0 spiro atoms. The van der Waals surface area contributed by atoms with E-state index in [9.17, 15) is 14.9 Å². The van der Waals surface area contributed by atoms with Gasteiger partial charge in [0, 0.05) is 28.6 Å². The predicted molar refractivity (Wildman–Crippen MR) is 160 cm³/mol. The first-order valence-electron chi connectivity index (χ1n) is 12.8. The van der Waals surface area contributed by atoms with Crippen LogP contribution in [0, 0.1) is 11.3 Å². The van der Waals surface area contributed by atoms with E-state index < -0.39 is 5.92 Å². The Hall–Kier alpha value is -4.45. The van der Waals surface area contributed by atoms with Crippen molar-refractivity contribution in [1.82, 2.24) is 15.2 Å². The van der Waals surface area contributed by atoms with Gasteiger partial charge in [-0.05, 0) is 49.2 Å². The van der Waals surface area contributed by atoms with Crippen LogP contribution < -0.4 is 20.7 Å². The van der Waals surface area contributed by atoms with Gasteiger partial charge in [-0.1, -0.05) is 23.1 Å². The van der Waals surface area contributed by atoms with Crippen molar-refractivity contribution in [3.8, 4) is 23.1 Å². The summed E-state index contributed by atoms with van der Waals surface area (Å²) >= 11 is 3.80. The smallest absolute Gasteiger partial charge is 0.236 e. The van der Waals surface area contributed by atoms with Crippen LogP contribution >= 0.6 is 34.4 Å². The van der Waals surface area contributed by atoms with Gasteiger partial charge in [0.25, 0.3) is 0 Å². The number of nitrogens with zero attached hydrogens (tertiary/aromatic N) is 5. The minimum atomic E-state index is -0.661. The fourth-order valence-corrected chi connectivity index (χ4v) is 7.32. The van der Waals surface area contributed by atoms with Crippen LogP contribution in [0.2, 0.25) is 0 Å². The standard InChI is InChI=1S/C28H23N7O4S3/c1-38-16-9-7-15(8-10-16)18-13-40-26(31-18)32-22(37)14-41-28-34-33-27(42-28)35-19-4-2-5-20(36)24(19)23(17(12-29)25(35)30)21-6-3-11-39-21/h3,6-11,13,23H,2,4-5,14,30H2,1H3,(H,31,32,37). The summed E-state index contributed by atoms with van der Waals surface area (Å²) in [6.45, 7) is 0. The summed E-state index contributed by atoms with van der Waals surface area (Å²) in [5.74, 6) is 0.587. The Labute approximate surface area is 252 Å². The van der Waals surface area contributed by atoms with Crippen LogP contribution in [-0.4, -0.2) is 39.7 Å². The molecule has 14 heteroatoms. The number of hydrogen-bond donors (Lipinski definition) is 2. The topological polar surface area (TPSA) is 160 Å². The van der Waals surface area contributed by atoms with Gasteiger partial charge in [-0.3, -0.25) is 14.5 Å². The van der Waals surface area contributed by atoms with Crippen LogP contribution in [-0.2, 0) is 9.59 Å². The third kappa shape index (κ3) is 5.29. The Morgan fingerprint density at radius 3 is 2.86 bits per heavy atom. The second kappa shape index (κ2) is 11.8. The van der Waals surface area contributed by atoms with E-state index in [1.807, 2.05) is 29.6 Å². The van der Waals surface area contributed by atoms with Crippen molar-refractivity contribution >= 4 is 56.4 Å². The molecule has 11 nitrogen and oxygen atoms in total. The van der Waals surface area contributed by atoms with E-state index in [1.165, 1.54) is 40.7 Å². The molecule has 0 bridgehead atoms. The molecule has 1 atom stereocenters. The summed E-state index contributed by atoms with van der Waals surface area (Å²) in [6, 6.07) is 13.2. The summed E-state index contributed by atoms with van der Waals surface area (Å²) in [4.78, 5) is 32.0. The Kier molecular flexibility index (Phi) is 7.79. The van der Waals surface area contributed by atoms with Crippen LogP contribution in [0.5, 0.6) is 5.75 Å². The molecule has 0 radical (unpaired) electrons. The maximum absolute atomic E-state index is 13.1. The van der Waals surface area contributed by atoms with Crippen molar-refractivity contribution < 1.29 is 18.7 Å². The number of furan rings is 1. The average Bonchev–Trinajstić information content (AvgIpc) is 3.79. The number of nitrogens with two attached hydrogens (primary N) is 1. The first-order valence-corrected chi connectivity index (χ1v) is 15.5. The number of ketones is 1. The van der Waals surface area contributed by atoms with E-state index in [-0.39, 0.29) is 28.8 Å². The largest absolute Gasteiger partial charge is 0.497 e. The molecular weight excluding hydrogens is 595 g/mol. The number of methoxy groups -OCH3 is 1. The van der Waals surface area contributed by atoms with Crippen molar-refractivity contribution in [3.05, 3.63) is 76.5 Å². The van der Waals surface area contributed by atoms with Gasteiger partial charge in [0.05, 0.1) is 42.4 Å². The van der Waals surface area contributed by atoms with Gasteiger partial charge in [-0.2, -0.15) is 5.26 Å². The lowest BCUT2D eigenvalue weighted by molar-refractivity contribution is -0.116. The van der Waals surface area contributed by atoms with E-state index in [2.05, 4.69) is 26.6 Å². The van der Waals surface area contributed by atoms with E-state index >= 15 is 0 Å². The average molecular weight is 618 g/mol. The molecule has 4 aromatic rings. The summed E-state index contributed by atoms with van der Waals surface area (Å²) in [6.07, 6.45) is 3.15. The number of hydrogen-bond acceptors (Lipinski definition) is 13. The van der Waals surface area contributed by atoms with Gasteiger partial charge >= 0.3 is 0 Å². The normalized spacial score (nSPS) is 16.8. The molecule has 42 heavy (non-hydrogen) atoms. The van der Waals surface area contributed by atoms with Crippen LogP contribution in [0.1, 0.15) is 30.9 Å². The lowest BCUT2D eigenvalue weighted by atomic mass is 9.78. The van der Waals surface area contributed by atoms with Gasteiger partial charge in [-0.25, -0.2) is 4.98 Å². The number of nitrogens with one attached hydrogen (secondary N) is 1. The maximum atomic E-state index is 13.1. The van der Waals surface area contributed by atoms with Crippen LogP contribution in [0.15, 0.2) is 79.5 Å². The molecule has 4 heterocycles. The molecular formula is C28H23N7O4S3. The number of benzene rings is 1. The van der Waals surface area contributed by atoms with Crippen molar-refractivity contribution in [1.29, 1.82) is 5.26 Å². The number of thiazole rings is 1. The number of Topliss-reactive ketones (excluding diaryl/α,β-unsaturated/α-hetero) is 1. The third-order valence-corrected chi connectivity index (χ3v) is 9.59. The number of anilines is 2. The Morgan fingerprint density at radius 1 is 1.29 bits per heavy atom. The second-order valence-corrected chi connectivity index (χ2v) is 12.3. The van der Waals surface area contributed by atoms with Crippen LogP contribution in [0.3, 0.4) is 0 Å². The number of nitriles is 1. The van der Waals surface area contributed by atoms with Gasteiger partial charge in [0.15, 0.2) is 15.3 Å². The minimum Gasteiger partial charge on any atom is -0.497 e. The molecule has 1 unspecified atom stereocenters. The van der Waals surface area contributed by atoms with Crippen LogP contribution in [0.4, 0.5) is 10.3 Å². The highest BCUT2D eigenvalue weighted by molar-refractivity contribution is 8.01. The molecule has 3 N–H and O–H groups in total. The summed E-state index contributed by atoms with van der Waals surface area (Å²) in [7, 11) is 1.61. The highest BCUT2D eigenvalue weighted by Crippen LogP contribution is 2.47. The Balaban J connectivity index is 1.16. The lowest BCUT2D eigenvalue weighted by Crippen LogP contribution is -2.38. The van der Waals surface area contributed by atoms with E-state index in [1.54, 1.807) is 24.1 Å². The predicted octanol–water partition coefficient (Wildman–Crippen LogP) is 5.30. The SMILES string of the molecule is COc1ccc(-c2csc(NC(=O)CSc3nnc(N4C(N)=C(C#N)C(c5ccco5)C5=C4CCCC5=O)s3)n2)cc1. The monoisotopic (exact) mass is 617 g/mol. The van der Waals surface area contributed by atoms with Crippen molar-refractivity contribution in [3.63, 3.8) is 0 Å². The number of aromatic nitrogens is 3. The fourth-order valence-electron chi connectivity index (χ4n) is 4.90. The fraction of sp³-hybridized carbons (Fsp3) is 0.214. The second-order valence-electron chi connectivity index (χ2n) is 9.29. The third-order valence-electron chi connectivity index (χ3n) is 6.79. The van der Waals surface area contributed by atoms with E-state index in [0.29, 0.717) is 50.9 Å². The molecule has 1 aliphatic carbocycles. The molecule has 0 saturated carbocycles. The summed E-state index contributed by atoms with van der Waals surface area (Å²) in [5.41, 5.74) is 9.64. The number of carbonyl (C=O) groups excluding carboxylic acids is 2. The molecule has 1 aliphatic heterocycles. The van der Waals surface area contributed by atoms with Gasteiger partial charge in [0.1, 0.15) is 17.3 Å². The Morgan fingerprint density at radius 2 is 2.12 bits per heavy atom. The molecule has 6 rings (SSSR count). The quantitative estimate of drug-likeness (QED) is 0.247. The lowest BCUT2D eigenvalue weighted by Gasteiger charge is -2.37. The molecule has 0 fully saturated rings. The molecule has 3 aromatic heterocycles. The van der Waals surface area contributed by atoms with E-state index in [0.717, 1.165) is 17.0 Å². The van der Waals surface area contributed by atoms with Gasteiger partial charge in [-0.15, -0.1) is 21.5 Å². The van der Waals surface area contributed by atoms with Gasteiger partial charge in [0.2, 0.25) is 11.0 Å². The maximum Gasteiger partial charge on any atom is 0.236 e. The summed E-state index contributed by atoms with van der Waals surface area (Å²) < 4.78 is 11.3. The zero-order valence-electron chi connectivity index (χ0n) is 22.2. The highest BCUT2D eigenvalue weighted by atomic mass is 32.2. The van der Waals surface area contributed by atoms with Gasteiger partial charge < -0.3 is 20.2 Å². The molecule has 2 aliphatic rings. The number of carbonyl (C=O) groups is 2. The number of thioether (sulfide) groups is 1. The van der Waals surface area contributed by atoms with E-state index in [4.69, 9.17) is 14.9 Å². The zero-order chi connectivity index (χ0) is 29.2. The minimum absolute atomic E-state index is 0.0454. The van der Waals surface area contributed by atoms with Crippen molar-refractivity contribution in [2.75, 3.05) is 23.1 Å². The first kappa shape index (κ1) is 27.7. The Bertz CT molecular complexity index is 1750. The number of rotatable bonds is 8. The van der Waals surface area contributed by atoms with Crippen LogP contribution in [0.25, 0.3) is 11.3 Å². The zero-order valence-corrected chi connectivity index (χ0v) is 24.6. The van der Waals surface area contributed by atoms with Crippen molar-refractivity contribution in [2.45, 2.75) is 29.5 Å². The van der Waals surface area contributed by atoms with Crippen molar-refractivity contribution in [2.24, 2.45) is 5.73 Å². The molecule has 1 aromatic carbocycles. The molecule has 1 amide bonds. The number of ether oxygens (including phenoxy) is 1.